The molecule has 0 aliphatic carbocycles. The molecule has 1 aliphatic rings. The van der Waals surface area contributed by atoms with Crippen LogP contribution in [-0.2, 0) is 0 Å². The molecule has 1 nitrogen and oxygen atoms in total. The summed E-state index contributed by atoms with van der Waals surface area (Å²) in [4.78, 5) is 0. The molecule has 1 heteroatoms. The van der Waals surface area contributed by atoms with E-state index in [0.717, 1.165) is 12.2 Å². The van der Waals surface area contributed by atoms with Gasteiger partial charge < -0.3 is 4.74 Å². The molecule has 2 aromatic carbocycles. The lowest BCUT2D eigenvalue weighted by Crippen LogP contribution is -2.06. The Bertz CT molecular complexity index is 609. The third-order valence-corrected chi connectivity index (χ3v) is 3.18. The molecular weight excluding hydrogens is 232 g/mol. The summed E-state index contributed by atoms with van der Waals surface area (Å²) in [5, 5.41) is 0. The Kier molecular flexibility index (Phi) is 3.46. The Hall–Kier alpha value is -2.28. The molecular formula is C18H16O. The topological polar surface area (TPSA) is 9.23 Å². The molecule has 0 spiro atoms. The third kappa shape index (κ3) is 2.94. The van der Waals surface area contributed by atoms with Gasteiger partial charge in [-0.15, -0.1) is 0 Å². The van der Waals surface area contributed by atoms with Crippen LogP contribution in [0.3, 0.4) is 0 Å². The summed E-state index contributed by atoms with van der Waals surface area (Å²) in [5.74, 6) is 0.985. The number of rotatable bonds is 3. The molecule has 19 heavy (non-hydrogen) atoms. The zero-order valence-corrected chi connectivity index (χ0v) is 10.8. The van der Waals surface area contributed by atoms with Gasteiger partial charge in [0.2, 0.25) is 0 Å². The van der Waals surface area contributed by atoms with Crippen molar-refractivity contribution in [2.75, 3.05) is 6.61 Å². The van der Waals surface area contributed by atoms with Crippen LogP contribution in [0.25, 0.3) is 12.2 Å². The Labute approximate surface area is 113 Å². The molecule has 0 atom stereocenters. The fourth-order valence-electron chi connectivity index (χ4n) is 2.19. The van der Waals surface area contributed by atoms with Crippen molar-refractivity contribution < 1.29 is 4.74 Å². The number of benzene rings is 2. The van der Waals surface area contributed by atoms with Crippen LogP contribution < -0.4 is 4.74 Å². The lowest BCUT2D eigenvalue weighted by Gasteiger charge is -2.16. The fourth-order valence-corrected chi connectivity index (χ4v) is 2.19. The monoisotopic (exact) mass is 248 g/mol. The van der Waals surface area contributed by atoms with E-state index < -0.39 is 0 Å². The Morgan fingerprint density at radius 3 is 2.63 bits per heavy atom. The normalized spacial score (nSPS) is 13.8. The number of allylic oxidation sites excluding steroid dienone is 1. The summed E-state index contributed by atoms with van der Waals surface area (Å²) in [7, 11) is 0. The first-order chi connectivity index (χ1) is 9.42. The first-order valence-electron chi connectivity index (χ1n) is 6.55. The minimum atomic E-state index is 0.691. The third-order valence-electron chi connectivity index (χ3n) is 3.18. The van der Waals surface area contributed by atoms with Crippen molar-refractivity contribution >= 4 is 12.2 Å². The molecule has 0 unspecified atom stereocenters. The first-order valence-corrected chi connectivity index (χ1v) is 6.55. The SMILES string of the molecule is C(=Cc1ccccc1)CC1=Cc2ccccc2OC1. The first kappa shape index (κ1) is 11.8. The summed E-state index contributed by atoms with van der Waals surface area (Å²) in [5.41, 5.74) is 3.72. The average molecular weight is 248 g/mol. The largest absolute Gasteiger partial charge is 0.489 e. The maximum absolute atomic E-state index is 5.74. The molecule has 0 bridgehead atoms. The quantitative estimate of drug-likeness (QED) is 0.773. The van der Waals surface area contributed by atoms with E-state index in [-0.39, 0.29) is 0 Å². The van der Waals surface area contributed by atoms with E-state index in [1.54, 1.807) is 0 Å². The predicted molar refractivity (Wildman–Crippen MR) is 80.0 cm³/mol. The van der Waals surface area contributed by atoms with Gasteiger partial charge in [-0.1, -0.05) is 60.7 Å². The maximum Gasteiger partial charge on any atom is 0.127 e. The number of para-hydroxylation sites is 1. The molecule has 94 valence electrons. The number of ether oxygens (including phenoxy) is 1. The highest BCUT2D eigenvalue weighted by molar-refractivity contribution is 5.62. The van der Waals surface area contributed by atoms with E-state index in [1.165, 1.54) is 16.7 Å². The van der Waals surface area contributed by atoms with Gasteiger partial charge in [-0.3, -0.25) is 0 Å². The molecule has 0 fully saturated rings. The molecule has 0 saturated heterocycles. The molecule has 2 aromatic rings. The van der Waals surface area contributed by atoms with Crippen molar-refractivity contribution in [1.82, 2.24) is 0 Å². The van der Waals surface area contributed by atoms with Crippen molar-refractivity contribution in [3.05, 3.63) is 77.4 Å². The van der Waals surface area contributed by atoms with E-state index in [2.05, 4.69) is 48.6 Å². The minimum Gasteiger partial charge on any atom is -0.489 e. The number of hydrogen-bond donors (Lipinski definition) is 0. The highest BCUT2D eigenvalue weighted by Crippen LogP contribution is 2.26. The summed E-state index contributed by atoms with van der Waals surface area (Å²) in [6.07, 6.45) is 7.51. The van der Waals surface area contributed by atoms with Crippen LogP contribution in [0.5, 0.6) is 5.75 Å². The molecule has 3 rings (SSSR count). The van der Waals surface area contributed by atoms with Crippen molar-refractivity contribution in [3.63, 3.8) is 0 Å². The lowest BCUT2D eigenvalue weighted by atomic mass is 10.0. The highest BCUT2D eigenvalue weighted by atomic mass is 16.5. The van der Waals surface area contributed by atoms with Crippen molar-refractivity contribution in [1.29, 1.82) is 0 Å². The zero-order valence-electron chi connectivity index (χ0n) is 10.8. The lowest BCUT2D eigenvalue weighted by molar-refractivity contribution is 0.345. The van der Waals surface area contributed by atoms with Crippen molar-refractivity contribution in [2.45, 2.75) is 6.42 Å². The van der Waals surface area contributed by atoms with E-state index in [4.69, 9.17) is 4.74 Å². The van der Waals surface area contributed by atoms with Gasteiger partial charge >= 0.3 is 0 Å². The van der Waals surface area contributed by atoms with Gasteiger partial charge in [0.1, 0.15) is 12.4 Å². The van der Waals surface area contributed by atoms with Crippen LogP contribution in [0.2, 0.25) is 0 Å². The fraction of sp³-hybridized carbons (Fsp3) is 0.111. The number of hydrogen-bond acceptors (Lipinski definition) is 1. The van der Waals surface area contributed by atoms with Gasteiger partial charge in [-0.25, -0.2) is 0 Å². The van der Waals surface area contributed by atoms with Gasteiger partial charge in [0.25, 0.3) is 0 Å². The van der Waals surface area contributed by atoms with Crippen LogP contribution in [0.1, 0.15) is 17.5 Å². The van der Waals surface area contributed by atoms with E-state index in [0.29, 0.717) is 6.61 Å². The summed E-state index contributed by atoms with van der Waals surface area (Å²) in [6.45, 7) is 0.691. The molecule has 0 radical (unpaired) electrons. The second kappa shape index (κ2) is 5.57. The Morgan fingerprint density at radius 1 is 0.947 bits per heavy atom. The maximum atomic E-state index is 5.74. The van der Waals surface area contributed by atoms with Gasteiger partial charge in [-0.05, 0) is 29.7 Å². The average Bonchev–Trinajstić information content (AvgIpc) is 2.48. The molecule has 0 aromatic heterocycles. The van der Waals surface area contributed by atoms with E-state index in [1.807, 2.05) is 24.3 Å². The van der Waals surface area contributed by atoms with Crippen LogP contribution in [0.4, 0.5) is 0 Å². The Morgan fingerprint density at radius 2 is 1.74 bits per heavy atom. The predicted octanol–water partition coefficient (Wildman–Crippen LogP) is 4.57. The second-order valence-electron chi connectivity index (χ2n) is 4.65. The minimum absolute atomic E-state index is 0.691. The van der Waals surface area contributed by atoms with Crippen LogP contribution in [0, 0.1) is 0 Å². The molecule has 0 saturated carbocycles. The zero-order chi connectivity index (χ0) is 12.9. The van der Waals surface area contributed by atoms with E-state index >= 15 is 0 Å². The van der Waals surface area contributed by atoms with E-state index in [9.17, 15) is 0 Å². The summed E-state index contributed by atoms with van der Waals surface area (Å²) >= 11 is 0. The molecule has 0 N–H and O–H groups in total. The van der Waals surface area contributed by atoms with Gasteiger partial charge in [0.05, 0.1) is 0 Å². The Balaban J connectivity index is 1.69. The van der Waals surface area contributed by atoms with Crippen molar-refractivity contribution in [3.8, 4) is 5.75 Å². The highest BCUT2D eigenvalue weighted by Gasteiger charge is 2.08. The summed E-state index contributed by atoms with van der Waals surface area (Å²) in [6, 6.07) is 18.5. The van der Waals surface area contributed by atoms with Crippen LogP contribution >= 0.6 is 0 Å². The standard InChI is InChI=1S/C18H16O/c1-2-7-15(8-3-1)9-6-10-16-13-17-11-4-5-12-18(17)19-14-16/h1-9,11-13H,10,14H2. The molecule has 1 heterocycles. The van der Waals surface area contributed by atoms with Gasteiger partial charge in [-0.2, -0.15) is 0 Å². The second-order valence-corrected chi connectivity index (χ2v) is 4.65. The summed E-state index contributed by atoms with van der Waals surface area (Å²) < 4.78 is 5.74. The molecule has 0 amide bonds. The van der Waals surface area contributed by atoms with Crippen LogP contribution in [-0.4, -0.2) is 6.61 Å². The van der Waals surface area contributed by atoms with Gasteiger partial charge in [0.15, 0.2) is 0 Å². The van der Waals surface area contributed by atoms with Gasteiger partial charge in [0, 0.05) is 5.56 Å². The van der Waals surface area contributed by atoms with Crippen LogP contribution in [0.15, 0.2) is 66.2 Å². The smallest absolute Gasteiger partial charge is 0.127 e. The van der Waals surface area contributed by atoms with Crippen molar-refractivity contribution in [2.24, 2.45) is 0 Å². The molecule has 1 aliphatic heterocycles. The number of fused-ring (bicyclic) bond motifs is 1.